The molecule has 2 nitrogen and oxygen atoms in total. The van der Waals surface area contributed by atoms with Crippen molar-refractivity contribution in [1.82, 2.24) is 5.32 Å². The molecule has 0 saturated heterocycles. The van der Waals surface area contributed by atoms with E-state index in [-0.39, 0.29) is 11.4 Å². The molecule has 2 aromatic carbocycles. The van der Waals surface area contributed by atoms with Crippen molar-refractivity contribution >= 4 is 0 Å². The normalized spacial score (nSPS) is 13.1. The van der Waals surface area contributed by atoms with Crippen LogP contribution in [0.5, 0.6) is 0 Å². The number of hydrogen-bond acceptors (Lipinski definition) is 2. The van der Waals surface area contributed by atoms with Crippen LogP contribution in [0.25, 0.3) is 0 Å². The number of halogens is 1. The molecule has 2 N–H and O–H groups in total. The fourth-order valence-corrected chi connectivity index (χ4v) is 2.36. The molecule has 3 heteroatoms. The van der Waals surface area contributed by atoms with Crippen LogP contribution in [0, 0.1) is 5.82 Å². The van der Waals surface area contributed by atoms with Crippen LogP contribution in [0.2, 0.25) is 0 Å². The average Bonchev–Trinajstić information content (AvgIpc) is 2.53. The van der Waals surface area contributed by atoms with E-state index in [9.17, 15) is 9.50 Å². The molecule has 0 aliphatic rings. The second kappa shape index (κ2) is 7.52. The second-order valence-corrected chi connectivity index (χ2v) is 6.32. The van der Waals surface area contributed by atoms with Crippen LogP contribution in [-0.2, 0) is 6.42 Å². The van der Waals surface area contributed by atoms with Gasteiger partial charge in [0.2, 0.25) is 0 Å². The Morgan fingerprint density at radius 1 is 1.05 bits per heavy atom. The number of aliphatic hydroxyl groups is 1. The number of benzene rings is 2. The lowest BCUT2D eigenvalue weighted by atomic mass is 9.94. The lowest BCUT2D eigenvalue weighted by Crippen LogP contribution is -2.41. The molecule has 22 heavy (non-hydrogen) atoms. The average molecular weight is 301 g/mol. The summed E-state index contributed by atoms with van der Waals surface area (Å²) in [4.78, 5) is 0. The van der Waals surface area contributed by atoms with Gasteiger partial charge >= 0.3 is 0 Å². The largest absolute Gasteiger partial charge is 0.387 e. The van der Waals surface area contributed by atoms with Gasteiger partial charge in [-0.2, -0.15) is 0 Å². The highest BCUT2D eigenvalue weighted by Gasteiger charge is 2.19. The van der Waals surface area contributed by atoms with Crippen molar-refractivity contribution in [2.45, 2.75) is 38.3 Å². The topological polar surface area (TPSA) is 32.3 Å². The molecular formula is C19H24FNO. The Morgan fingerprint density at radius 2 is 1.68 bits per heavy atom. The van der Waals surface area contributed by atoms with E-state index in [0.29, 0.717) is 6.54 Å². The maximum atomic E-state index is 12.9. The molecule has 0 aliphatic heterocycles. The van der Waals surface area contributed by atoms with E-state index in [1.807, 2.05) is 42.5 Å². The zero-order valence-electron chi connectivity index (χ0n) is 13.2. The monoisotopic (exact) mass is 301 g/mol. The van der Waals surface area contributed by atoms with E-state index in [4.69, 9.17) is 0 Å². The van der Waals surface area contributed by atoms with Crippen molar-refractivity contribution in [1.29, 1.82) is 0 Å². The lowest BCUT2D eigenvalue weighted by Gasteiger charge is -2.28. The SMILES string of the molecule is CC(C)(CCc1ccc(F)cc1)NCC(O)c1ccccc1. The van der Waals surface area contributed by atoms with Crippen LogP contribution in [0.3, 0.4) is 0 Å². The third-order valence-electron chi connectivity index (χ3n) is 3.91. The fourth-order valence-electron chi connectivity index (χ4n) is 2.36. The third kappa shape index (κ3) is 5.24. The second-order valence-electron chi connectivity index (χ2n) is 6.32. The molecule has 0 fully saturated rings. The Kier molecular flexibility index (Phi) is 5.69. The standard InChI is InChI=1S/C19H24FNO/c1-19(2,13-12-15-8-10-17(20)11-9-15)21-14-18(22)16-6-4-3-5-7-16/h3-11,18,21-22H,12-14H2,1-2H3. The van der Waals surface area contributed by atoms with Gasteiger partial charge in [-0.05, 0) is 49.9 Å². The zero-order valence-corrected chi connectivity index (χ0v) is 13.2. The van der Waals surface area contributed by atoms with Crippen molar-refractivity contribution in [2.24, 2.45) is 0 Å². The summed E-state index contributed by atoms with van der Waals surface area (Å²) in [5.74, 6) is -0.202. The molecule has 0 saturated carbocycles. The van der Waals surface area contributed by atoms with E-state index in [2.05, 4.69) is 19.2 Å². The van der Waals surface area contributed by atoms with Crippen LogP contribution in [0.4, 0.5) is 4.39 Å². The van der Waals surface area contributed by atoms with Crippen LogP contribution in [0.15, 0.2) is 54.6 Å². The van der Waals surface area contributed by atoms with Crippen molar-refractivity contribution in [3.05, 3.63) is 71.5 Å². The van der Waals surface area contributed by atoms with Gasteiger partial charge in [-0.15, -0.1) is 0 Å². The number of rotatable bonds is 7. The Bertz CT molecular complexity index is 566. The van der Waals surface area contributed by atoms with E-state index in [1.54, 1.807) is 0 Å². The molecule has 0 amide bonds. The number of aryl methyl sites for hydroxylation is 1. The molecule has 1 atom stereocenters. The Morgan fingerprint density at radius 3 is 2.32 bits per heavy atom. The van der Waals surface area contributed by atoms with Crippen molar-refractivity contribution in [3.63, 3.8) is 0 Å². The summed E-state index contributed by atoms with van der Waals surface area (Å²) in [6.45, 7) is 4.75. The lowest BCUT2D eigenvalue weighted by molar-refractivity contribution is 0.159. The molecule has 118 valence electrons. The number of nitrogens with one attached hydrogen (secondary N) is 1. The third-order valence-corrected chi connectivity index (χ3v) is 3.91. The van der Waals surface area contributed by atoms with E-state index in [1.165, 1.54) is 12.1 Å². The quantitative estimate of drug-likeness (QED) is 0.814. The van der Waals surface area contributed by atoms with E-state index in [0.717, 1.165) is 24.0 Å². The molecule has 0 aliphatic carbocycles. The van der Waals surface area contributed by atoms with Crippen LogP contribution in [0.1, 0.15) is 37.5 Å². The molecule has 0 heterocycles. The minimum absolute atomic E-state index is 0.0931. The predicted octanol–water partition coefficient (Wildman–Crippen LogP) is 3.86. The van der Waals surface area contributed by atoms with Crippen LogP contribution in [-0.4, -0.2) is 17.2 Å². The van der Waals surface area contributed by atoms with Gasteiger partial charge in [-0.3, -0.25) is 0 Å². The summed E-state index contributed by atoms with van der Waals surface area (Å²) in [5, 5.41) is 13.6. The summed E-state index contributed by atoms with van der Waals surface area (Å²) in [6, 6.07) is 16.3. The maximum Gasteiger partial charge on any atom is 0.123 e. The minimum Gasteiger partial charge on any atom is -0.387 e. The Hall–Kier alpha value is -1.71. The first-order valence-electron chi connectivity index (χ1n) is 7.69. The summed E-state index contributed by atoms with van der Waals surface area (Å²) < 4.78 is 12.9. The van der Waals surface area contributed by atoms with Gasteiger partial charge in [0.25, 0.3) is 0 Å². The first kappa shape index (κ1) is 16.7. The van der Waals surface area contributed by atoms with E-state index < -0.39 is 6.10 Å². The van der Waals surface area contributed by atoms with Gasteiger partial charge in [0.1, 0.15) is 5.82 Å². The molecule has 0 spiro atoms. The summed E-state index contributed by atoms with van der Waals surface area (Å²) >= 11 is 0. The van der Waals surface area contributed by atoms with Crippen molar-refractivity contribution < 1.29 is 9.50 Å². The summed E-state index contributed by atoms with van der Waals surface area (Å²) in [5.41, 5.74) is 1.95. The number of β-amino-alcohol motifs (C(OH)–C–C–N with tert-alkyl or cyclic N) is 1. The van der Waals surface area contributed by atoms with Gasteiger partial charge in [0, 0.05) is 12.1 Å². The molecular weight excluding hydrogens is 277 g/mol. The fraction of sp³-hybridized carbons (Fsp3) is 0.368. The maximum absolute atomic E-state index is 12.9. The van der Waals surface area contributed by atoms with Crippen LogP contribution >= 0.6 is 0 Å². The molecule has 1 unspecified atom stereocenters. The Balaban J connectivity index is 1.81. The molecule has 0 bridgehead atoms. The predicted molar refractivity (Wildman–Crippen MR) is 88.2 cm³/mol. The molecule has 0 radical (unpaired) electrons. The zero-order chi connectivity index (χ0) is 16.0. The molecule has 2 aromatic rings. The van der Waals surface area contributed by atoms with Crippen molar-refractivity contribution in [3.8, 4) is 0 Å². The summed E-state index contributed by atoms with van der Waals surface area (Å²) in [7, 11) is 0. The first-order chi connectivity index (χ1) is 10.5. The Labute approximate surface area is 132 Å². The molecule has 2 rings (SSSR count). The van der Waals surface area contributed by atoms with Crippen molar-refractivity contribution in [2.75, 3.05) is 6.54 Å². The number of hydrogen-bond donors (Lipinski definition) is 2. The van der Waals surface area contributed by atoms with Gasteiger partial charge < -0.3 is 10.4 Å². The first-order valence-corrected chi connectivity index (χ1v) is 7.69. The van der Waals surface area contributed by atoms with Gasteiger partial charge in [0.15, 0.2) is 0 Å². The highest BCUT2D eigenvalue weighted by molar-refractivity contribution is 5.18. The smallest absolute Gasteiger partial charge is 0.123 e. The molecule has 0 aromatic heterocycles. The highest BCUT2D eigenvalue weighted by atomic mass is 19.1. The van der Waals surface area contributed by atoms with E-state index >= 15 is 0 Å². The minimum atomic E-state index is -0.508. The van der Waals surface area contributed by atoms with Gasteiger partial charge in [-0.1, -0.05) is 42.5 Å². The van der Waals surface area contributed by atoms with Crippen LogP contribution < -0.4 is 5.32 Å². The van der Waals surface area contributed by atoms with Gasteiger partial charge in [0.05, 0.1) is 6.10 Å². The van der Waals surface area contributed by atoms with Gasteiger partial charge in [-0.25, -0.2) is 4.39 Å². The highest BCUT2D eigenvalue weighted by Crippen LogP contribution is 2.17. The summed E-state index contributed by atoms with van der Waals surface area (Å²) in [6.07, 6.45) is 1.29. The number of aliphatic hydroxyl groups excluding tert-OH is 1.